The Morgan fingerprint density at radius 3 is 2.70 bits per heavy atom. The van der Waals surface area contributed by atoms with Gasteiger partial charge in [-0.25, -0.2) is 4.39 Å². The number of esters is 1. The van der Waals surface area contributed by atoms with Gasteiger partial charge in [0.25, 0.3) is 5.56 Å². The van der Waals surface area contributed by atoms with Gasteiger partial charge in [-0.1, -0.05) is 35.5 Å². The summed E-state index contributed by atoms with van der Waals surface area (Å²) in [7, 11) is 0. The van der Waals surface area contributed by atoms with Gasteiger partial charge in [-0.15, -0.1) is 5.10 Å². The number of aromatic nitrogens is 3. The minimum atomic E-state index is -0.695. The topological polar surface area (TPSA) is 74.1 Å². The molecule has 7 heteroatoms. The SMILES string of the molecule is O=C(Cn1nnc2ccccc2c1=O)OCc1ccccc1F. The third-order valence-corrected chi connectivity index (χ3v) is 3.25. The normalized spacial score (nSPS) is 10.7. The van der Waals surface area contributed by atoms with Gasteiger partial charge < -0.3 is 4.74 Å². The van der Waals surface area contributed by atoms with Crippen molar-refractivity contribution < 1.29 is 13.9 Å². The van der Waals surface area contributed by atoms with Gasteiger partial charge in [0.1, 0.15) is 24.5 Å². The van der Waals surface area contributed by atoms with Crippen LogP contribution in [0.25, 0.3) is 10.9 Å². The van der Waals surface area contributed by atoms with Crippen LogP contribution >= 0.6 is 0 Å². The number of fused-ring (bicyclic) bond motifs is 1. The number of carbonyl (C=O) groups is 1. The van der Waals surface area contributed by atoms with Crippen molar-refractivity contribution in [2.45, 2.75) is 13.2 Å². The fraction of sp³-hybridized carbons (Fsp3) is 0.125. The van der Waals surface area contributed by atoms with Gasteiger partial charge in [0.15, 0.2) is 0 Å². The Bertz CT molecular complexity index is 924. The fourth-order valence-electron chi connectivity index (χ4n) is 2.07. The van der Waals surface area contributed by atoms with Crippen molar-refractivity contribution in [1.82, 2.24) is 15.0 Å². The Hall–Kier alpha value is -3.09. The van der Waals surface area contributed by atoms with Gasteiger partial charge in [0.2, 0.25) is 0 Å². The van der Waals surface area contributed by atoms with E-state index >= 15 is 0 Å². The predicted octanol–water partition coefficient (Wildman–Crippen LogP) is 1.67. The Labute approximate surface area is 130 Å². The van der Waals surface area contributed by atoms with Crippen LogP contribution in [0.2, 0.25) is 0 Å². The van der Waals surface area contributed by atoms with E-state index in [9.17, 15) is 14.0 Å². The molecule has 0 aliphatic heterocycles. The summed E-state index contributed by atoms with van der Waals surface area (Å²) in [5.74, 6) is -1.15. The third kappa shape index (κ3) is 3.23. The Kier molecular flexibility index (Phi) is 4.09. The quantitative estimate of drug-likeness (QED) is 0.685. The highest BCUT2D eigenvalue weighted by molar-refractivity contribution is 5.77. The van der Waals surface area contributed by atoms with Gasteiger partial charge in [-0.3, -0.25) is 9.59 Å². The molecule has 23 heavy (non-hydrogen) atoms. The Morgan fingerprint density at radius 1 is 1.13 bits per heavy atom. The second kappa shape index (κ2) is 6.35. The van der Waals surface area contributed by atoms with Crippen molar-refractivity contribution in [3.05, 3.63) is 70.3 Å². The van der Waals surface area contributed by atoms with E-state index in [1.807, 2.05) is 0 Å². The van der Waals surface area contributed by atoms with Crippen molar-refractivity contribution in [3.63, 3.8) is 0 Å². The van der Waals surface area contributed by atoms with Crippen molar-refractivity contribution >= 4 is 16.9 Å². The smallest absolute Gasteiger partial charge is 0.328 e. The average molecular weight is 313 g/mol. The lowest BCUT2D eigenvalue weighted by Crippen LogP contribution is -2.28. The molecule has 0 bridgehead atoms. The average Bonchev–Trinajstić information content (AvgIpc) is 2.57. The van der Waals surface area contributed by atoms with E-state index in [4.69, 9.17) is 4.74 Å². The van der Waals surface area contributed by atoms with Crippen LogP contribution in [0.4, 0.5) is 4.39 Å². The third-order valence-electron chi connectivity index (χ3n) is 3.25. The van der Waals surface area contributed by atoms with Crippen molar-refractivity contribution in [2.75, 3.05) is 0 Å². The number of nitrogens with zero attached hydrogens (tertiary/aromatic N) is 3. The highest BCUT2D eigenvalue weighted by atomic mass is 19.1. The molecule has 0 radical (unpaired) electrons. The number of halogens is 1. The van der Waals surface area contributed by atoms with E-state index in [1.165, 1.54) is 12.1 Å². The van der Waals surface area contributed by atoms with Crippen LogP contribution < -0.4 is 5.56 Å². The summed E-state index contributed by atoms with van der Waals surface area (Å²) in [6, 6.07) is 12.7. The van der Waals surface area contributed by atoms with Crippen LogP contribution in [0.1, 0.15) is 5.56 Å². The van der Waals surface area contributed by atoms with E-state index in [1.54, 1.807) is 36.4 Å². The molecule has 0 amide bonds. The van der Waals surface area contributed by atoms with Crippen LogP contribution in [0, 0.1) is 5.82 Å². The van der Waals surface area contributed by atoms with Crippen LogP contribution in [0.3, 0.4) is 0 Å². The number of rotatable bonds is 4. The lowest BCUT2D eigenvalue weighted by Gasteiger charge is -2.07. The lowest BCUT2D eigenvalue weighted by molar-refractivity contribution is -0.146. The fourth-order valence-corrected chi connectivity index (χ4v) is 2.07. The molecule has 2 aromatic carbocycles. The second-order valence-electron chi connectivity index (χ2n) is 4.82. The number of hydrogen-bond donors (Lipinski definition) is 0. The molecule has 3 aromatic rings. The van der Waals surface area contributed by atoms with Gasteiger partial charge in [0, 0.05) is 5.56 Å². The first-order chi connectivity index (χ1) is 11.1. The number of carbonyl (C=O) groups excluding carboxylic acids is 1. The molecule has 0 spiro atoms. The Morgan fingerprint density at radius 2 is 1.87 bits per heavy atom. The molecule has 1 heterocycles. The summed E-state index contributed by atoms with van der Waals surface area (Å²) < 4.78 is 19.3. The molecule has 0 aliphatic rings. The van der Waals surface area contributed by atoms with E-state index < -0.39 is 17.3 Å². The lowest BCUT2D eigenvalue weighted by atomic mass is 10.2. The standard InChI is InChI=1S/C16H12FN3O3/c17-13-7-3-1-5-11(13)10-23-15(21)9-20-16(22)12-6-2-4-8-14(12)18-19-20/h1-8H,9-10H2. The molecule has 116 valence electrons. The summed E-state index contributed by atoms with van der Waals surface area (Å²) in [5, 5.41) is 7.94. The molecule has 0 unspecified atom stereocenters. The number of hydrogen-bond acceptors (Lipinski definition) is 5. The monoisotopic (exact) mass is 313 g/mol. The van der Waals surface area contributed by atoms with E-state index in [-0.39, 0.29) is 18.7 Å². The van der Waals surface area contributed by atoms with Crippen LogP contribution in [-0.2, 0) is 22.7 Å². The minimum Gasteiger partial charge on any atom is -0.459 e. The summed E-state index contributed by atoms with van der Waals surface area (Å²) in [4.78, 5) is 24.0. The molecule has 0 N–H and O–H groups in total. The first kappa shape index (κ1) is 14.8. The van der Waals surface area contributed by atoms with Gasteiger partial charge in [0.05, 0.1) is 5.39 Å². The molecule has 3 rings (SSSR count). The number of ether oxygens (including phenoxy) is 1. The second-order valence-corrected chi connectivity index (χ2v) is 4.82. The summed E-state index contributed by atoms with van der Waals surface area (Å²) >= 11 is 0. The van der Waals surface area contributed by atoms with Crippen LogP contribution in [0.15, 0.2) is 53.3 Å². The van der Waals surface area contributed by atoms with E-state index in [0.29, 0.717) is 10.9 Å². The van der Waals surface area contributed by atoms with Crippen LogP contribution in [-0.4, -0.2) is 21.0 Å². The molecular formula is C16H12FN3O3. The zero-order valence-electron chi connectivity index (χ0n) is 12.0. The maximum absolute atomic E-state index is 13.4. The maximum Gasteiger partial charge on any atom is 0.328 e. The van der Waals surface area contributed by atoms with E-state index in [2.05, 4.69) is 10.3 Å². The van der Waals surface area contributed by atoms with Gasteiger partial charge in [-0.05, 0) is 18.2 Å². The maximum atomic E-state index is 13.4. The van der Waals surface area contributed by atoms with Gasteiger partial charge in [-0.2, -0.15) is 4.68 Å². The molecular weight excluding hydrogens is 301 g/mol. The van der Waals surface area contributed by atoms with Crippen LogP contribution in [0.5, 0.6) is 0 Å². The molecule has 6 nitrogen and oxygen atoms in total. The van der Waals surface area contributed by atoms with E-state index in [0.717, 1.165) is 4.68 Å². The summed E-state index contributed by atoms with van der Waals surface area (Å²) in [6.45, 7) is -0.591. The van der Waals surface area contributed by atoms with Crippen molar-refractivity contribution in [3.8, 4) is 0 Å². The summed E-state index contributed by atoms with van der Waals surface area (Å²) in [6.07, 6.45) is 0. The molecule has 0 saturated carbocycles. The molecule has 1 aromatic heterocycles. The first-order valence-electron chi connectivity index (χ1n) is 6.87. The first-order valence-corrected chi connectivity index (χ1v) is 6.87. The zero-order valence-corrected chi connectivity index (χ0v) is 12.0. The molecule has 0 aliphatic carbocycles. The van der Waals surface area contributed by atoms with Crippen molar-refractivity contribution in [1.29, 1.82) is 0 Å². The molecule has 0 atom stereocenters. The predicted molar refractivity (Wildman–Crippen MR) is 80.0 cm³/mol. The summed E-state index contributed by atoms with van der Waals surface area (Å²) in [5.41, 5.74) is 0.282. The molecule has 0 fully saturated rings. The highest BCUT2D eigenvalue weighted by Gasteiger charge is 2.11. The number of benzene rings is 2. The van der Waals surface area contributed by atoms with Crippen molar-refractivity contribution in [2.24, 2.45) is 0 Å². The Balaban J connectivity index is 1.72. The highest BCUT2D eigenvalue weighted by Crippen LogP contribution is 2.08. The zero-order chi connectivity index (χ0) is 16.2. The minimum absolute atomic E-state index is 0.207. The molecule has 0 saturated heterocycles. The largest absolute Gasteiger partial charge is 0.459 e. The van der Waals surface area contributed by atoms with Gasteiger partial charge >= 0.3 is 5.97 Å².